The number of hydrogen-bond donors (Lipinski definition) is 1. The Morgan fingerprint density at radius 1 is 0.929 bits per heavy atom. The van der Waals surface area contributed by atoms with Crippen LogP contribution in [0.3, 0.4) is 0 Å². The van der Waals surface area contributed by atoms with Crippen molar-refractivity contribution in [2.75, 3.05) is 12.4 Å². The predicted molar refractivity (Wildman–Crippen MR) is 113 cm³/mol. The van der Waals surface area contributed by atoms with E-state index >= 15 is 0 Å². The van der Waals surface area contributed by atoms with Crippen molar-refractivity contribution in [1.29, 1.82) is 0 Å². The van der Waals surface area contributed by atoms with Crippen LogP contribution in [-0.4, -0.2) is 19.1 Å². The zero-order chi connectivity index (χ0) is 19.8. The SMILES string of the molecule is CC[C@H](Oc1ccc(OC)cc1)C(=O)Nc1ccccc1Sc1ccccc1. The van der Waals surface area contributed by atoms with E-state index in [9.17, 15) is 4.79 Å². The Hall–Kier alpha value is -2.92. The standard InChI is InChI=1S/C23H23NO3S/c1-3-21(27-18-15-13-17(26-2)14-16-18)23(25)24-20-11-7-8-12-22(20)28-19-9-5-4-6-10-19/h4-16,21H,3H2,1-2H3,(H,24,25)/t21-/m0/s1. The highest BCUT2D eigenvalue weighted by Gasteiger charge is 2.19. The van der Waals surface area contributed by atoms with Crippen molar-refractivity contribution >= 4 is 23.4 Å². The maximum Gasteiger partial charge on any atom is 0.265 e. The second kappa shape index (κ2) is 9.85. The van der Waals surface area contributed by atoms with Crippen LogP contribution >= 0.6 is 11.8 Å². The Labute approximate surface area is 169 Å². The first kappa shape index (κ1) is 19.8. The van der Waals surface area contributed by atoms with Crippen molar-refractivity contribution < 1.29 is 14.3 Å². The molecule has 0 heterocycles. The van der Waals surface area contributed by atoms with Gasteiger partial charge in [-0.15, -0.1) is 0 Å². The van der Waals surface area contributed by atoms with E-state index < -0.39 is 6.10 Å². The van der Waals surface area contributed by atoms with Crippen LogP contribution in [0.1, 0.15) is 13.3 Å². The van der Waals surface area contributed by atoms with Crippen LogP contribution in [0, 0.1) is 0 Å². The van der Waals surface area contributed by atoms with Gasteiger partial charge in [-0.1, -0.05) is 49.0 Å². The third kappa shape index (κ3) is 5.30. The summed E-state index contributed by atoms with van der Waals surface area (Å²) in [7, 11) is 1.61. The van der Waals surface area contributed by atoms with Crippen LogP contribution < -0.4 is 14.8 Å². The molecule has 1 atom stereocenters. The molecule has 0 fully saturated rings. The summed E-state index contributed by atoms with van der Waals surface area (Å²) in [5, 5.41) is 3.02. The van der Waals surface area contributed by atoms with Gasteiger partial charge in [0.1, 0.15) is 11.5 Å². The highest BCUT2D eigenvalue weighted by atomic mass is 32.2. The van der Waals surface area contributed by atoms with Crippen LogP contribution in [0.15, 0.2) is 88.7 Å². The van der Waals surface area contributed by atoms with Gasteiger partial charge in [0.25, 0.3) is 5.91 Å². The van der Waals surface area contributed by atoms with Crippen LogP contribution in [-0.2, 0) is 4.79 Å². The lowest BCUT2D eigenvalue weighted by molar-refractivity contribution is -0.122. The molecule has 3 aromatic carbocycles. The number of benzene rings is 3. The van der Waals surface area contributed by atoms with Crippen molar-refractivity contribution in [1.82, 2.24) is 0 Å². The molecule has 0 aliphatic heterocycles. The molecule has 5 heteroatoms. The van der Waals surface area contributed by atoms with Gasteiger partial charge in [-0.25, -0.2) is 0 Å². The Balaban J connectivity index is 1.70. The summed E-state index contributed by atoms with van der Waals surface area (Å²) in [4.78, 5) is 14.9. The fraction of sp³-hybridized carbons (Fsp3) is 0.174. The molecule has 0 saturated heterocycles. The van der Waals surface area contributed by atoms with Crippen molar-refractivity contribution in [3.05, 3.63) is 78.9 Å². The number of ether oxygens (including phenoxy) is 2. The average molecular weight is 394 g/mol. The molecule has 0 spiro atoms. The fourth-order valence-electron chi connectivity index (χ4n) is 2.63. The lowest BCUT2D eigenvalue weighted by Gasteiger charge is -2.18. The molecule has 0 radical (unpaired) electrons. The fourth-order valence-corrected chi connectivity index (χ4v) is 3.55. The minimum absolute atomic E-state index is 0.167. The summed E-state index contributed by atoms with van der Waals surface area (Å²) in [5.41, 5.74) is 0.776. The van der Waals surface area contributed by atoms with Crippen molar-refractivity contribution in [3.63, 3.8) is 0 Å². The van der Waals surface area contributed by atoms with Crippen LogP contribution in [0.5, 0.6) is 11.5 Å². The number of rotatable bonds is 8. The van der Waals surface area contributed by atoms with Gasteiger partial charge in [-0.3, -0.25) is 4.79 Å². The number of carbonyl (C=O) groups excluding carboxylic acids is 1. The van der Waals surface area contributed by atoms with E-state index in [0.29, 0.717) is 12.2 Å². The Kier molecular flexibility index (Phi) is 6.98. The Bertz CT molecular complexity index is 897. The summed E-state index contributed by atoms with van der Waals surface area (Å²) < 4.78 is 11.0. The van der Waals surface area contributed by atoms with Gasteiger partial charge in [0, 0.05) is 9.79 Å². The first-order chi connectivity index (χ1) is 13.7. The molecule has 1 N–H and O–H groups in total. The first-order valence-electron chi connectivity index (χ1n) is 9.13. The summed E-state index contributed by atoms with van der Waals surface area (Å²) in [6.07, 6.45) is -0.0190. The lowest BCUT2D eigenvalue weighted by atomic mass is 10.2. The van der Waals surface area contributed by atoms with E-state index in [1.54, 1.807) is 31.0 Å². The zero-order valence-corrected chi connectivity index (χ0v) is 16.7. The molecule has 3 rings (SSSR count). The second-order valence-electron chi connectivity index (χ2n) is 6.09. The van der Waals surface area contributed by atoms with Crippen LogP contribution in [0.2, 0.25) is 0 Å². The number of carbonyl (C=O) groups is 1. The van der Waals surface area contributed by atoms with Crippen LogP contribution in [0.25, 0.3) is 0 Å². The number of nitrogens with one attached hydrogen (secondary N) is 1. The monoisotopic (exact) mass is 393 g/mol. The molecular formula is C23H23NO3S. The molecule has 1 amide bonds. The third-order valence-electron chi connectivity index (χ3n) is 4.12. The molecule has 0 aliphatic rings. The molecule has 0 aromatic heterocycles. The Morgan fingerprint density at radius 2 is 1.57 bits per heavy atom. The average Bonchev–Trinajstić information content (AvgIpc) is 2.74. The van der Waals surface area contributed by atoms with Gasteiger partial charge in [0.05, 0.1) is 12.8 Å². The van der Waals surface area contributed by atoms with Crippen molar-refractivity contribution in [3.8, 4) is 11.5 Å². The molecule has 0 saturated carbocycles. The molecule has 0 unspecified atom stereocenters. The number of hydrogen-bond acceptors (Lipinski definition) is 4. The first-order valence-corrected chi connectivity index (χ1v) is 9.94. The van der Waals surface area contributed by atoms with E-state index in [1.165, 1.54) is 0 Å². The van der Waals surface area contributed by atoms with Gasteiger partial charge in [0.15, 0.2) is 6.10 Å². The second-order valence-corrected chi connectivity index (χ2v) is 7.21. The number of methoxy groups -OCH3 is 1. The topological polar surface area (TPSA) is 47.6 Å². The molecule has 0 aliphatic carbocycles. The van der Waals surface area contributed by atoms with E-state index in [1.807, 2.05) is 73.7 Å². The van der Waals surface area contributed by atoms with Crippen molar-refractivity contribution in [2.45, 2.75) is 29.2 Å². The van der Waals surface area contributed by atoms with Crippen LogP contribution in [0.4, 0.5) is 5.69 Å². The molecule has 3 aromatic rings. The molecule has 28 heavy (non-hydrogen) atoms. The predicted octanol–water partition coefficient (Wildman–Crippen LogP) is 5.64. The third-order valence-corrected chi connectivity index (χ3v) is 5.20. The summed E-state index contributed by atoms with van der Waals surface area (Å²) in [5.74, 6) is 1.21. The van der Waals surface area contributed by atoms with E-state index in [0.717, 1.165) is 21.2 Å². The highest BCUT2D eigenvalue weighted by molar-refractivity contribution is 7.99. The minimum Gasteiger partial charge on any atom is -0.497 e. The minimum atomic E-state index is -0.580. The summed E-state index contributed by atoms with van der Waals surface area (Å²) in [6, 6.07) is 25.1. The quantitative estimate of drug-likeness (QED) is 0.538. The molecule has 4 nitrogen and oxygen atoms in total. The molecular weight excluding hydrogens is 370 g/mol. The molecule has 0 bridgehead atoms. The maximum absolute atomic E-state index is 12.8. The van der Waals surface area contributed by atoms with Gasteiger partial charge in [-0.05, 0) is 55.0 Å². The van der Waals surface area contributed by atoms with E-state index in [-0.39, 0.29) is 5.91 Å². The van der Waals surface area contributed by atoms with E-state index in [2.05, 4.69) is 5.32 Å². The van der Waals surface area contributed by atoms with Crippen molar-refractivity contribution in [2.24, 2.45) is 0 Å². The highest BCUT2D eigenvalue weighted by Crippen LogP contribution is 2.33. The summed E-state index contributed by atoms with van der Waals surface area (Å²) in [6.45, 7) is 1.93. The van der Waals surface area contributed by atoms with Gasteiger partial charge in [-0.2, -0.15) is 0 Å². The zero-order valence-electron chi connectivity index (χ0n) is 15.9. The molecule has 144 valence electrons. The normalized spacial score (nSPS) is 11.5. The van der Waals surface area contributed by atoms with E-state index in [4.69, 9.17) is 9.47 Å². The lowest BCUT2D eigenvalue weighted by Crippen LogP contribution is -2.32. The Morgan fingerprint density at radius 3 is 2.25 bits per heavy atom. The largest absolute Gasteiger partial charge is 0.497 e. The number of anilines is 1. The smallest absolute Gasteiger partial charge is 0.265 e. The van der Waals surface area contributed by atoms with Gasteiger partial charge in [0.2, 0.25) is 0 Å². The number of para-hydroxylation sites is 1. The van der Waals surface area contributed by atoms with Gasteiger partial charge >= 0.3 is 0 Å². The van der Waals surface area contributed by atoms with Gasteiger partial charge < -0.3 is 14.8 Å². The number of amides is 1. The summed E-state index contributed by atoms with van der Waals surface area (Å²) >= 11 is 1.61. The maximum atomic E-state index is 12.8.